The van der Waals surface area contributed by atoms with Gasteiger partial charge in [0, 0.05) is 10.8 Å². The zero-order valence-corrected chi connectivity index (χ0v) is 12.2. The fourth-order valence-electron chi connectivity index (χ4n) is 4.16. The molecule has 0 saturated heterocycles. The van der Waals surface area contributed by atoms with E-state index < -0.39 is 0 Å². The van der Waals surface area contributed by atoms with Gasteiger partial charge in [0.15, 0.2) is 0 Å². The lowest BCUT2D eigenvalue weighted by Gasteiger charge is -2.50. The molecule has 0 aromatic rings. The Morgan fingerprint density at radius 3 is 2.24 bits per heavy atom. The number of fused-ring (bicyclic) bond motifs is 1. The molecule has 104 valence electrons. The van der Waals surface area contributed by atoms with Crippen LogP contribution in [0.25, 0.3) is 0 Å². The Hall–Kier alpha value is -2.08. The quantitative estimate of drug-likeness (QED) is 0.601. The van der Waals surface area contributed by atoms with Crippen molar-refractivity contribution in [2.45, 2.75) is 19.3 Å². The van der Waals surface area contributed by atoms with E-state index in [4.69, 9.17) is 0 Å². The largest absolute Gasteiger partial charge is 0.0833 e. The van der Waals surface area contributed by atoms with Crippen LogP contribution in [0.4, 0.5) is 0 Å². The first-order valence-electron chi connectivity index (χ1n) is 7.81. The number of hydrogen-bond acceptors (Lipinski definition) is 0. The van der Waals surface area contributed by atoms with Crippen LogP contribution < -0.4 is 0 Å². The molecule has 0 fully saturated rings. The van der Waals surface area contributed by atoms with E-state index in [0.717, 1.165) is 19.3 Å². The Labute approximate surface area is 126 Å². The van der Waals surface area contributed by atoms with E-state index in [0.29, 0.717) is 0 Å². The number of allylic oxidation sites excluding steroid dienone is 16. The lowest BCUT2D eigenvalue weighted by molar-refractivity contribution is 0.241. The molecule has 0 aromatic heterocycles. The zero-order valence-electron chi connectivity index (χ0n) is 12.2. The van der Waals surface area contributed by atoms with Gasteiger partial charge in [0.1, 0.15) is 0 Å². The van der Waals surface area contributed by atoms with E-state index in [-0.39, 0.29) is 10.8 Å². The second-order valence-electron chi connectivity index (χ2n) is 6.26. The summed E-state index contributed by atoms with van der Waals surface area (Å²) in [5.74, 6) is 0. The molecule has 0 bridgehead atoms. The maximum Gasteiger partial charge on any atom is 0.0301 e. The van der Waals surface area contributed by atoms with Gasteiger partial charge in [-0.05, 0) is 30.4 Å². The smallest absolute Gasteiger partial charge is 0.0301 e. The highest BCUT2D eigenvalue weighted by molar-refractivity contribution is 5.54. The average Bonchev–Trinajstić information content (AvgIpc) is 3.06. The fourth-order valence-corrected chi connectivity index (χ4v) is 4.16. The summed E-state index contributed by atoms with van der Waals surface area (Å²) in [7, 11) is 0. The summed E-state index contributed by atoms with van der Waals surface area (Å²) < 4.78 is 0. The van der Waals surface area contributed by atoms with Gasteiger partial charge in [-0.15, -0.1) is 0 Å². The van der Waals surface area contributed by atoms with Gasteiger partial charge in [0.2, 0.25) is 0 Å². The summed E-state index contributed by atoms with van der Waals surface area (Å²) in [4.78, 5) is 0. The molecule has 0 radical (unpaired) electrons. The SMILES string of the molecule is C1=CCC(C2=CC=CCC23C=CC=CC32C=CC=CC2)=C1. The van der Waals surface area contributed by atoms with Crippen LogP contribution in [0.5, 0.6) is 0 Å². The molecule has 0 heteroatoms. The van der Waals surface area contributed by atoms with E-state index in [1.807, 2.05) is 0 Å². The molecule has 0 saturated carbocycles. The van der Waals surface area contributed by atoms with Crippen LogP contribution in [-0.2, 0) is 0 Å². The van der Waals surface area contributed by atoms with Crippen LogP contribution in [0.2, 0.25) is 0 Å². The van der Waals surface area contributed by atoms with E-state index in [1.165, 1.54) is 11.1 Å². The second kappa shape index (κ2) is 4.73. The van der Waals surface area contributed by atoms with Gasteiger partial charge < -0.3 is 0 Å². The van der Waals surface area contributed by atoms with Crippen molar-refractivity contribution < 1.29 is 0 Å². The van der Waals surface area contributed by atoms with Crippen molar-refractivity contribution in [3.63, 3.8) is 0 Å². The summed E-state index contributed by atoms with van der Waals surface area (Å²) >= 11 is 0. The third kappa shape index (κ3) is 1.75. The lowest BCUT2D eigenvalue weighted by atomic mass is 9.52. The molecule has 21 heavy (non-hydrogen) atoms. The fraction of sp³-hybridized carbons (Fsp3) is 0.238. The normalized spacial score (nSPS) is 35.8. The second-order valence-corrected chi connectivity index (χ2v) is 6.26. The molecule has 4 aliphatic carbocycles. The minimum atomic E-state index is 0.0651. The summed E-state index contributed by atoms with van der Waals surface area (Å²) in [6.07, 6.45) is 35.2. The van der Waals surface area contributed by atoms with E-state index in [1.54, 1.807) is 0 Å². The first-order chi connectivity index (χ1) is 10.4. The predicted molar refractivity (Wildman–Crippen MR) is 89.7 cm³/mol. The van der Waals surface area contributed by atoms with E-state index >= 15 is 0 Å². The zero-order chi connectivity index (χ0) is 14.2. The summed E-state index contributed by atoms with van der Waals surface area (Å²) in [6.45, 7) is 0. The molecule has 0 heterocycles. The average molecular weight is 272 g/mol. The maximum atomic E-state index is 2.44. The standard InChI is InChI=1S/C21H20/c1-5-13-20(14-6-1)15-8-9-17-21(20)16-7-4-12-19(21)18-10-2-3-11-18/h1-10,12-13,15,17H,11,14,16H2. The molecule has 0 nitrogen and oxygen atoms in total. The van der Waals surface area contributed by atoms with Gasteiger partial charge in [0.05, 0.1) is 0 Å². The van der Waals surface area contributed by atoms with Crippen molar-refractivity contribution in [2.75, 3.05) is 0 Å². The summed E-state index contributed by atoms with van der Waals surface area (Å²) in [5.41, 5.74) is 3.11. The third-order valence-corrected chi connectivity index (χ3v) is 5.25. The maximum absolute atomic E-state index is 2.44. The van der Waals surface area contributed by atoms with Crippen LogP contribution in [0, 0.1) is 10.8 Å². The third-order valence-electron chi connectivity index (χ3n) is 5.25. The van der Waals surface area contributed by atoms with Gasteiger partial charge in [-0.25, -0.2) is 0 Å². The molecule has 2 spiro atoms. The van der Waals surface area contributed by atoms with Crippen molar-refractivity contribution in [3.8, 4) is 0 Å². The first kappa shape index (κ1) is 12.6. The molecule has 2 unspecified atom stereocenters. The van der Waals surface area contributed by atoms with E-state index in [2.05, 4.69) is 85.1 Å². The van der Waals surface area contributed by atoms with Crippen LogP contribution in [-0.4, -0.2) is 0 Å². The van der Waals surface area contributed by atoms with Gasteiger partial charge in [-0.3, -0.25) is 0 Å². The molecule has 0 amide bonds. The molecule has 4 rings (SSSR count). The number of hydrogen-bond donors (Lipinski definition) is 0. The predicted octanol–water partition coefficient (Wildman–Crippen LogP) is 5.37. The van der Waals surface area contributed by atoms with Crippen LogP contribution in [0.3, 0.4) is 0 Å². The first-order valence-corrected chi connectivity index (χ1v) is 7.81. The monoisotopic (exact) mass is 272 g/mol. The highest BCUT2D eigenvalue weighted by Crippen LogP contribution is 2.59. The van der Waals surface area contributed by atoms with Crippen molar-refractivity contribution in [1.29, 1.82) is 0 Å². The molecule has 0 N–H and O–H groups in total. The minimum Gasteiger partial charge on any atom is -0.0833 e. The Kier molecular flexibility index (Phi) is 2.85. The Morgan fingerprint density at radius 2 is 1.43 bits per heavy atom. The summed E-state index contributed by atoms with van der Waals surface area (Å²) in [5, 5.41) is 0. The molecule has 4 aliphatic rings. The molecule has 2 atom stereocenters. The minimum absolute atomic E-state index is 0.0651. The highest BCUT2D eigenvalue weighted by Gasteiger charge is 2.49. The van der Waals surface area contributed by atoms with Gasteiger partial charge in [0.25, 0.3) is 0 Å². The highest BCUT2D eigenvalue weighted by atomic mass is 14.5. The topological polar surface area (TPSA) is 0 Å². The van der Waals surface area contributed by atoms with Crippen molar-refractivity contribution in [1.82, 2.24) is 0 Å². The molecule has 0 aliphatic heterocycles. The summed E-state index contributed by atoms with van der Waals surface area (Å²) in [6, 6.07) is 0. The van der Waals surface area contributed by atoms with E-state index in [9.17, 15) is 0 Å². The van der Waals surface area contributed by atoms with Crippen LogP contribution in [0.1, 0.15) is 19.3 Å². The van der Waals surface area contributed by atoms with Crippen molar-refractivity contribution >= 4 is 0 Å². The Balaban J connectivity index is 1.87. The number of rotatable bonds is 1. The molecular formula is C21H20. The van der Waals surface area contributed by atoms with Gasteiger partial charge in [-0.2, -0.15) is 0 Å². The van der Waals surface area contributed by atoms with Gasteiger partial charge in [-0.1, -0.05) is 85.1 Å². The molecule has 0 aromatic carbocycles. The van der Waals surface area contributed by atoms with Crippen molar-refractivity contribution in [2.24, 2.45) is 10.8 Å². The Bertz CT molecular complexity index is 678. The van der Waals surface area contributed by atoms with Gasteiger partial charge >= 0.3 is 0 Å². The van der Waals surface area contributed by atoms with Crippen LogP contribution in [0.15, 0.2) is 96.2 Å². The molecular weight excluding hydrogens is 252 g/mol. The lowest BCUT2D eigenvalue weighted by Crippen LogP contribution is -2.42. The van der Waals surface area contributed by atoms with Crippen molar-refractivity contribution in [3.05, 3.63) is 96.2 Å². The van der Waals surface area contributed by atoms with Crippen LogP contribution >= 0.6 is 0 Å². The Morgan fingerprint density at radius 1 is 0.667 bits per heavy atom.